The largest absolute Gasteiger partial charge is 0.466 e. The molecule has 63 heavy (non-hydrogen) atoms. The van der Waals surface area contributed by atoms with Gasteiger partial charge in [0.05, 0.1) is 41.5 Å². The number of β-amino-alcohol motifs (C(OH)–C–C–N with tert-alkyl or cyclic N) is 1. The summed E-state index contributed by atoms with van der Waals surface area (Å²) in [5.74, 6) is -0.955. The minimum absolute atomic E-state index is 0.00576. The second-order valence-electron chi connectivity index (χ2n) is 19.7. The second-order valence-corrected chi connectivity index (χ2v) is 20.6. The van der Waals surface area contributed by atoms with Crippen LogP contribution in [0.15, 0.2) is 29.8 Å². The molecule has 2 bridgehead atoms. The number of benzene rings is 1. The van der Waals surface area contributed by atoms with E-state index in [1.54, 1.807) is 11.3 Å². The number of hydrogen-bond donors (Lipinski definition) is 3. The number of thiazole rings is 1. The normalized spacial score (nSPS) is 31.8. The maximum Gasteiger partial charge on any atom is 0.305 e. The molecule has 6 heterocycles. The van der Waals surface area contributed by atoms with Crippen molar-refractivity contribution in [3.05, 3.63) is 41.0 Å². The van der Waals surface area contributed by atoms with Crippen LogP contribution in [0.5, 0.6) is 0 Å². The molecular weight excluding hydrogens is 829 g/mol. The van der Waals surface area contributed by atoms with Crippen molar-refractivity contribution >= 4 is 35.0 Å². The minimum Gasteiger partial charge on any atom is -0.466 e. The molecule has 1 saturated carbocycles. The van der Waals surface area contributed by atoms with Gasteiger partial charge in [0.2, 0.25) is 23.5 Å². The number of ether oxygens (including phenoxy) is 4. The zero-order chi connectivity index (χ0) is 45.1. The van der Waals surface area contributed by atoms with E-state index in [1.807, 2.05) is 64.4 Å². The Morgan fingerprint density at radius 1 is 1.02 bits per heavy atom. The summed E-state index contributed by atoms with van der Waals surface area (Å²) in [5.41, 5.74) is 3.45. The molecule has 6 aliphatic rings. The first kappa shape index (κ1) is 47.5. The van der Waals surface area contributed by atoms with Crippen LogP contribution in [0.25, 0.3) is 10.4 Å². The van der Waals surface area contributed by atoms with Crippen molar-refractivity contribution in [3.63, 3.8) is 0 Å². The van der Waals surface area contributed by atoms with E-state index in [9.17, 15) is 24.3 Å². The Morgan fingerprint density at radius 2 is 1.79 bits per heavy atom. The molecule has 348 valence electrons. The smallest absolute Gasteiger partial charge is 0.305 e. The number of amides is 3. The van der Waals surface area contributed by atoms with Crippen LogP contribution in [0, 0.1) is 36.0 Å². The molecule has 6 fully saturated rings. The number of fused-ring (bicyclic) bond motifs is 2. The number of nitrogens with zero attached hydrogens (tertiary/aromatic N) is 2. The zero-order valence-electron chi connectivity index (χ0n) is 38.0. The first-order chi connectivity index (χ1) is 30.0. The van der Waals surface area contributed by atoms with E-state index in [0.717, 1.165) is 53.8 Å². The van der Waals surface area contributed by atoms with Crippen LogP contribution in [0.2, 0.25) is 0 Å². The fourth-order valence-electron chi connectivity index (χ4n) is 10.5. The molecule has 5 aliphatic heterocycles. The summed E-state index contributed by atoms with van der Waals surface area (Å²) in [5, 5.41) is 16.3. The van der Waals surface area contributed by atoms with Gasteiger partial charge in [-0.25, -0.2) is 14.8 Å². The van der Waals surface area contributed by atoms with Crippen molar-refractivity contribution in [2.75, 3.05) is 26.4 Å². The van der Waals surface area contributed by atoms with Gasteiger partial charge in [0.25, 0.3) is 0 Å². The number of esters is 1. The number of aromatic nitrogens is 1. The molecule has 5 saturated heterocycles. The highest BCUT2D eigenvalue weighted by Gasteiger charge is 2.69. The molecule has 3 N–H and O–H groups in total. The van der Waals surface area contributed by atoms with Crippen LogP contribution < -0.4 is 10.6 Å². The molecule has 11 unspecified atom stereocenters. The van der Waals surface area contributed by atoms with Crippen LogP contribution in [-0.2, 0) is 54.4 Å². The number of aliphatic hydroxyl groups excluding tert-OH is 1. The molecule has 0 radical (unpaired) electrons. The van der Waals surface area contributed by atoms with Gasteiger partial charge in [-0.3, -0.25) is 19.2 Å². The second kappa shape index (κ2) is 19.9. The first-order valence-corrected chi connectivity index (χ1v) is 23.9. The van der Waals surface area contributed by atoms with Gasteiger partial charge in [0.15, 0.2) is 11.9 Å². The number of carbonyl (C=O) groups is 4. The molecule has 1 aromatic heterocycles. The monoisotopic (exact) mass is 896 g/mol. The molecule has 15 nitrogen and oxygen atoms in total. The van der Waals surface area contributed by atoms with Gasteiger partial charge in [-0.15, -0.1) is 11.3 Å². The lowest BCUT2D eigenvalue weighted by Gasteiger charge is -2.60. The third-order valence-electron chi connectivity index (χ3n) is 14.0. The Morgan fingerprint density at radius 3 is 2.52 bits per heavy atom. The van der Waals surface area contributed by atoms with Crippen LogP contribution in [0.1, 0.15) is 117 Å². The fraction of sp³-hybridized carbons (Fsp3) is 0.723. The standard InChI is InChI=1S/C47H68N4O11S/c1-28-12-17-35-29(2)37(59-44-47(35)34(28)18-20-46(7,60-44)61-62-47)10-8-22-58-39(54)11-9-21-57-23-19-38(53)50-41(45(4,5)6)43(56)51-26-33(52)24-36(51)42(55)48-25-31-13-15-32(16-14-31)40-30(3)49-27-63-40/h13-16,27-29,33-37,41,44,52H,8-12,17-26H2,1-7H3,(H,48,55)(H,50,53). The summed E-state index contributed by atoms with van der Waals surface area (Å²) in [4.78, 5) is 72.0. The predicted molar refractivity (Wildman–Crippen MR) is 233 cm³/mol. The summed E-state index contributed by atoms with van der Waals surface area (Å²) < 4.78 is 24.3. The van der Waals surface area contributed by atoms with Crippen molar-refractivity contribution in [2.45, 2.75) is 161 Å². The molecule has 2 aromatic rings. The average Bonchev–Trinajstić information content (AvgIpc) is 3.78. The van der Waals surface area contributed by atoms with E-state index in [-0.39, 0.29) is 81.3 Å². The van der Waals surface area contributed by atoms with Crippen LogP contribution in [0.4, 0.5) is 0 Å². The van der Waals surface area contributed by atoms with E-state index in [2.05, 4.69) is 29.5 Å². The zero-order valence-corrected chi connectivity index (χ0v) is 38.8. The van der Waals surface area contributed by atoms with Crippen molar-refractivity contribution < 1.29 is 53.0 Å². The number of aryl methyl sites for hydroxylation is 1. The van der Waals surface area contributed by atoms with Crippen molar-refractivity contribution in [3.8, 4) is 10.4 Å². The Labute approximate surface area is 375 Å². The lowest BCUT2D eigenvalue weighted by Crippen LogP contribution is -2.70. The number of hydrogen-bond acceptors (Lipinski definition) is 13. The quantitative estimate of drug-likeness (QED) is 0.0960. The summed E-state index contributed by atoms with van der Waals surface area (Å²) in [6, 6.07) is 6.06. The highest BCUT2D eigenvalue weighted by atomic mass is 32.1. The highest BCUT2D eigenvalue weighted by molar-refractivity contribution is 7.13. The summed E-state index contributed by atoms with van der Waals surface area (Å²) in [6.45, 7) is 14.9. The Balaban J connectivity index is 0.789. The molecule has 11 atom stereocenters. The summed E-state index contributed by atoms with van der Waals surface area (Å²) in [6.07, 6.45) is 4.71. The topological polar surface area (TPSA) is 184 Å². The van der Waals surface area contributed by atoms with E-state index in [0.29, 0.717) is 31.3 Å². The molecule has 1 spiro atoms. The third kappa shape index (κ3) is 10.6. The first-order valence-electron chi connectivity index (χ1n) is 23.0. The van der Waals surface area contributed by atoms with E-state index in [4.69, 9.17) is 28.7 Å². The maximum absolute atomic E-state index is 14.0. The summed E-state index contributed by atoms with van der Waals surface area (Å²) >= 11 is 1.57. The predicted octanol–water partition coefficient (Wildman–Crippen LogP) is 5.99. The van der Waals surface area contributed by atoms with E-state index < -0.39 is 47.2 Å². The van der Waals surface area contributed by atoms with Crippen LogP contribution in [-0.4, -0.2) is 107 Å². The number of likely N-dealkylation sites (tertiary alicyclic amines) is 1. The van der Waals surface area contributed by atoms with Gasteiger partial charge < -0.3 is 39.6 Å². The van der Waals surface area contributed by atoms with Crippen LogP contribution in [0.3, 0.4) is 0 Å². The Bertz CT molecular complexity index is 1920. The molecule has 1 aromatic carbocycles. The van der Waals surface area contributed by atoms with E-state index >= 15 is 0 Å². The van der Waals surface area contributed by atoms with Gasteiger partial charge in [-0.2, -0.15) is 0 Å². The number of aliphatic hydroxyl groups is 1. The molecule has 3 amide bonds. The van der Waals surface area contributed by atoms with Gasteiger partial charge in [0, 0.05) is 51.3 Å². The molecule has 1 aliphatic carbocycles. The minimum atomic E-state index is -0.941. The van der Waals surface area contributed by atoms with Gasteiger partial charge >= 0.3 is 5.97 Å². The lowest BCUT2D eigenvalue weighted by molar-refractivity contribution is -0.571. The van der Waals surface area contributed by atoms with E-state index in [1.165, 1.54) is 4.90 Å². The number of carbonyl (C=O) groups excluding carboxylic acids is 4. The fourth-order valence-corrected chi connectivity index (χ4v) is 11.3. The molecule has 16 heteroatoms. The van der Waals surface area contributed by atoms with Crippen molar-refractivity contribution in [1.82, 2.24) is 20.5 Å². The molecular formula is C47H68N4O11S. The van der Waals surface area contributed by atoms with Crippen molar-refractivity contribution in [2.24, 2.45) is 29.1 Å². The van der Waals surface area contributed by atoms with Gasteiger partial charge in [-0.05, 0) is 86.7 Å². The van der Waals surface area contributed by atoms with Gasteiger partial charge in [-0.1, -0.05) is 58.9 Å². The lowest BCUT2D eigenvalue weighted by atomic mass is 9.57. The Kier molecular flexibility index (Phi) is 15.0. The van der Waals surface area contributed by atoms with Crippen LogP contribution >= 0.6 is 11.3 Å². The average molecular weight is 897 g/mol. The SMILES string of the molecule is Cc1ncsc1-c1ccc(CNC(=O)C2CC(O)CN2C(=O)C(NC(=O)CCOCCCC(=O)OCCCC2OC3OC4(C)CCC5C(C)CCC(C2C)C35OO4)C(C)(C)C)cc1. The number of nitrogens with one attached hydrogen (secondary N) is 2. The van der Waals surface area contributed by atoms with Crippen molar-refractivity contribution in [1.29, 1.82) is 0 Å². The number of rotatable bonds is 17. The highest BCUT2D eigenvalue weighted by Crippen LogP contribution is 2.60. The van der Waals surface area contributed by atoms with Gasteiger partial charge in [0.1, 0.15) is 12.1 Å². The summed E-state index contributed by atoms with van der Waals surface area (Å²) in [7, 11) is 0. The molecule has 8 rings (SSSR count). The Hall–Kier alpha value is -3.51. The third-order valence-corrected chi connectivity index (χ3v) is 15.0. The maximum atomic E-state index is 14.0.